The molecular weight excluding hydrogens is 281 g/mol. The van der Waals surface area contributed by atoms with Crippen LogP contribution in [0.2, 0.25) is 5.28 Å². The van der Waals surface area contributed by atoms with Crippen molar-refractivity contribution in [1.29, 1.82) is 0 Å². The topological polar surface area (TPSA) is 49.2 Å². The number of anilines is 1. The molecule has 6 heteroatoms. The molecule has 15 heavy (non-hydrogen) atoms. The van der Waals surface area contributed by atoms with E-state index in [1.165, 1.54) is 0 Å². The summed E-state index contributed by atoms with van der Waals surface area (Å²) in [5.74, 6) is 0.728. The molecule has 0 unspecified atom stereocenters. The van der Waals surface area contributed by atoms with E-state index in [1.54, 1.807) is 6.20 Å². The first-order chi connectivity index (χ1) is 7.19. The van der Waals surface area contributed by atoms with Gasteiger partial charge in [0, 0.05) is 19.3 Å². The van der Waals surface area contributed by atoms with Gasteiger partial charge in [0.15, 0.2) is 0 Å². The quantitative estimate of drug-likeness (QED) is 0.845. The van der Waals surface area contributed by atoms with Crippen LogP contribution in [-0.4, -0.2) is 34.8 Å². The van der Waals surface area contributed by atoms with Gasteiger partial charge >= 0.3 is 0 Å². The highest BCUT2D eigenvalue weighted by molar-refractivity contribution is 9.10. The molecule has 0 saturated heterocycles. The van der Waals surface area contributed by atoms with Gasteiger partial charge in [0.25, 0.3) is 0 Å². The smallest absolute Gasteiger partial charge is 0.224 e. The first-order valence-corrected chi connectivity index (χ1v) is 5.90. The Morgan fingerprint density at radius 2 is 2.27 bits per heavy atom. The van der Waals surface area contributed by atoms with Crippen LogP contribution in [-0.2, 0) is 0 Å². The molecule has 84 valence electrons. The standard InChI is InChI=1S/C9H13BrClN3O/c1-2-3-14(4-5-15)8-7(10)6-12-9(11)13-8/h6,15H,2-5H2,1H3. The Balaban J connectivity index is 2.93. The third-order valence-electron chi connectivity index (χ3n) is 1.86. The second-order valence-electron chi connectivity index (χ2n) is 3.02. The lowest BCUT2D eigenvalue weighted by Crippen LogP contribution is -2.28. The Labute approximate surface area is 102 Å². The van der Waals surface area contributed by atoms with Crippen LogP contribution in [0.3, 0.4) is 0 Å². The molecule has 0 saturated carbocycles. The molecule has 0 radical (unpaired) electrons. The fourth-order valence-electron chi connectivity index (χ4n) is 1.27. The van der Waals surface area contributed by atoms with E-state index in [9.17, 15) is 0 Å². The lowest BCUT2D eigenvalue weighted by atomic mass is 10.4. The Morgan fingerprint density at radius 3 is 2.87 bits per heavy atom. The maximum Gasteiger partial charge on any atom is 0.224 e. The van der Waals surface area contributed by atoms with Crippen molar-refractivity contribution in [2.24, 2.45) is 0 Å². The van der Waals surface area contributed by atoms with Gasteiger partial charge in [0.1, 0.15) is 5.82 Å². The Morgan fingerprint density at radius 1 is 1.53 bits per heavy atom. The van der Waals surface area contributed by atoms with Gasteiger partial charge in [0.2, 0.25) is 5.28 Å². The van der Waals surface area contributed by atoms with E-state index in [4.69, 9.17) is 16.7 Å². The molecule has 4 nitrogen and oxygen atoms in total. The highest BCUT2D eigenvalue weighted by atomic mass is 79.9. The van der Waals surface area contributed by atoms with E-state index in [-0.39, 0.29) is 11.9 Å². The normalized spacial score (nSPS) is 10.4. The number of aliphatic hydroxyl groups excluding tert-OH is 1. The maximum absolute atomic E-state index is 8.95. The zero-order chi connectivity index (χ0) is 11.3. The van der Waals surface area contributed by atoms with Crippen LogP contribution in [0.25, 0.3) is 0 Å². The average Bonchev–Trinajstić information content (AvgIpc) is 2.21. The van der Waals surface area contributed by atoms with Gasteiger partial charge in [-0.05, 0) is 34.0 Å². The molecule has 1 N–H and O–H groups in total. The summed E-state index contributed by atoms with van der Waals surface area (Å²) in [6, 6.07) is 0. The summed E-state index contributed by atoms with van der Waals surface area (Å²) in [4.78, 5) is 9.96. The van der Waals surface area contributed by atoms with Crippen molar-refractivity contribution in [3.05, 3.63) is 16.0 Å². The van der Waals surface area contributed by atoms with Gasteiger partial charge in [-0.1, -0.05) is 6.92 Å². The molecule has 1 heterocycles. The fourth-order valence-corrected chi connectivity index (χ4v) is 1.84. The van der Waals surface area contributed by atoms with Crippen molar-refractivity contribution in [1.82, 2.24) is 9.97 Å². The first kappa shape index (κ1) is 12.7. The number of nitrogens with zero attached hydrogens (tertiary/aromatic N) is 3. The van der Waals surface area contributed by atoms with Crippen molar-refractivity contribution in [3.63, 3.8) is 0 Å². The second-order valence-corrected chi connectivity index (χ2v) is 4.21. The van der Waals surface area contributed by atoms with Gasteiger partial charge < -0.3 is 10.0 Å². The third-order valence-corrected chi connectivity index (χ3v) is 2.60. The Hall–Kier alpha value is -0.390. The maximum atomic E-state index is 8.95. The van der Waals surface area contributed by atoms with Gasteiger partial charge in [0.05, 0.1) is 11.1 Å². The summed E-state index contributed by atoms with van der Waals surface area (Å²) in [6.07, 6.45) is 2.60. The SMILES string of the molecule is CCCN(CCO)c1nc(Cl)ncc1Br. The van der Waals surface area contributed by atoms with E-state index in [0.717, 1.165) is 23.3 Å². The van der Waals surface area contributed by atoms with Gasteiger partial charge in [-0.3, -0.25) is 0 Å². The molecule has 0 aliphatic rings. The van der Waals surface area contributed by atoms with Gasteiger partial charge in [-0.25, -0.2) is 4.98 Å². The minimum absolute atomic E-state index is 0.0913. The van der Waals surface area contributed by atoms with E-state index in [1.807, 2.05) is 4.90 Å². The lowest BCUT2D eigenvalue weighted by Gasteiger charge is -2.22. The molecule has 0 amide bonds. The number of hydrogen-bond donors (Lipinski definition) is 1. The van der Waals surface area contributed by atoms with Gasteiger partial charge in [-0.2, -0.15) is 4.98 Å². The molecule has 0 aromatic carbocycles. The van der Waals surface area contributed by atoms with E-state index >= 15 is 0 Å². The minimum atomic E-state index is 0.0913. The van der Waals surface area contributed by atoms with Crippen LogP contribution in [0.15, 0.2) is 10.7 Å². The van der Waals surface area contributed by atoms with Crippen LogP contribution < -0.4 is 4.90 Å². The lowest BCUT2D eigenvalue weighted by molar-refractivity contribution is 0.301. The molecule has 0 spiro atoms. The predicted molar refractivity (Wildman–Crippen MR) is 64.3 cm³/mol. The van der Waals surface area contributed by atoms with Gasteiger partial charge in [-0.15, -0.1) is 0 Å². The second kappa shape index (κ2) is 6.25. The van der Waals surface area contributed by atoms with Crippen molar-refractivity contribution >= 4 is 33.3 Å². The highest BCUT2D eigenvalue weighted by Gasteiger charge is 2.11. The predicted octanol–water partition coefficient (Wildman–Crippen LogP) is 2.10. The zero-order valence-corrected chi connectivity index (χ0v) is 10.8. The van der Waals surface area contributed by atoms with Crippen molar-refractivity contribution in [3.8, 4) is 0 Å². The Bertz CT molecular complexity index is 318. The number of halogens is 2. The van der Waals surface area contributed by atoms with Crippen LogP contribution >= 0.6 is 27.5 Å². The van der Waals surface area contributed by atoms with Crippen molar-refractivity contribution in [2.75, 3.05) is 24.6 Å². The zero-order valence-electron chi connectivity index (χ0n) is 8.45. The van der Waals surface area contributed by atoms with Crippen molar-refractivity contribution < 1.29 is 5.11 Å². The first-order valence-electron chi connectivity index (χ1n) is 4.73. The van der Waals surface area contributed by atoms with E-state index < -0.39 is 0 Å². The molecule has 1 rings (SSSR count). The summed E-state index contributed by atoms with van der Waals surface area (Å²) in [5, 5.41) is 9.17. The van der Waals surface area contributed by atoms with E-state index in [2.05, 4.69) is 32.8 Å². The number of rotatable bonds is 5. The molecule has 0 aliphatic heterocycles. The van der Waals surface area contributed by atoms with Crippen molar-refractivity contribution in [2.45, 2.75) is 13.3 Å². The molecule has 0 aliphatic carbocycles. The summed E-state index contributed by atoms with van der Waals surface area (Å²) in [6.45, 7) is 3.53. The summed E-state index contributed by atoms with van der Waals surface area (Å²) >= 11 is 9.09. The highest BCUT2D eigenvalue weighted by Crippen LogP contribution is 2.24. The monoisotopic (exact) mass is 293 g/mol. The average molecular weight is 295 g/mol. The summed E-state index contributed by atoms with van der Waals surface area (Å²) < 4.78 is 0.786. The molecule has 1 aromatic rings. The largest absolute Gasteiger partial charge is 0.395 e. The minimum Gasteiger partial charge on any atom is -0.395 e. The fraction of sp³-hybridized carbons (Fsp3) is 0.556. The summed E-state index contributed by atoms with van der Waals surface area (Å²) in [5.41, 5.74) is 0. The Kier molecular flexibility index (Phi) is 5.28. The molecule has 0 fully saturated rings. The molecule has 0 bridgehead atoms. The van der Waals surface area contributed by atoms with Crippen LogP contribution in [0, 0.1) is 0 Å². The number of aromatic nitrogens is 2. The third kappa shape index (κ3) is 3.59. The molecular formula is C9H13BrClN3O. The molecule has 1 aromatic heterocycles. The number of aliphatic hydroxyl groups is 1. The summed E-state index contributed by atoms with van der Waals surface area (Å²) in [7, 11) is 0. The van der Waals surface area contributed by atoms with Crippen LogP contribution in [0.5, 0.6) is 0 Å². The van der Waals surface area contributed by atoms with Crippen LogP contribution in [0.1, 0.15) is 13.3 Å². The van der Waals surface area contributed by atoms with E-state index in [0.29, 0.717) is 6.54 Å². The number of hydrogen-bond acceptors (Lipinski definition) is 4. The van der Waals surface area contributed by atoms with Crippen LogP contribution in [0.4, 0.5) is 5.82 Å². The molecule has 0 atom stereocenters.